The molecule has 21 heavy (non-hydrogen) atoms. The lowest BCUT2D eigenvalue weighted by molar-refractivity contribution is -0.00456. The Morgan fingerprint density at radius 1 is 1.00 bits per heavy atom. The van der Waals surface area contributed by atoms with Gasteiger partial charge in [-0.05, 0) is 36.5 Å². The molecule has 0 aromatic carbocycles. The van der Waals surface area contributed by atoms with Crippen molar-refractivity contribution in [2.75, 3.05) is 45.9 Å². The van der Waals surface area contributed by atoms with Gasteiger partial charge in [-0.3, -0.25) is 4.90 Å². The van der Waals surface area contributed by atoms with Crippen LogP contribution in [0.1, 0.15) is 40.0 Å². The van der Waals surface area contributed by atoms with Gasteiger partial charge < -0.3 is 15.1 Å². The highest BCUT2D eigenvalue weighted by molar-refractivity contribution is 4.87. The lowest BCUT2D eigenvalue weighted by Gasteiger charge is -2.43. The van der Waals surface area contributed by atoms with Crippen molar-refractivity contribution in [2.24, 2.45) is 17.3 Å². The monoisotopic (exact) mass is 298 g/mol. The summed E-state index contributed by atoms with van der Waals surface area (Å²) in [6.07, 6.45) is 3.20. The molecule has 2 N–H and O–H groups in total. The van der Waals surface area contributed by atoms with Crippen molar-refractivity contribution in [3.63, 3.8) is 0 Å². The molecular weight excluding hydrogens is 264 g/mol. The number of aliphatic hydroxyl groups excluding tert-OH is 2. The first-order chi connectivity index (χ1) is 9.90. The van der Waals surface area contributed by atoms with Crippen molar-refractivity contribution in [2.45, 2.75) is 46.1 Å². The van der Waals surface area contributed by atoms with Gasteiger partial charge in [0.2, 0.25) is 0 Å². The zero-order valence-corrected chi connectivity index (χ0v) is 14.1. The van der Waals surface area contributed by atoms with Crippen LogP contribution in [-0.4, -0.2) is 72.0 Å². The van der Waals surface area contributed by atoms with Gasteiger partial charge in [-0.2, -0.15) is 0 Å². The number of hydrogen-bond donors (Lipinski definition) is 2. The summed E-state index contributed by atoms with van der Waals surface area (Å²) in [5, 5.41) is 19.3. The highest BCUT2D eigenvalue weighted by Gasteiger charge is 2.36. The van der Waals surface area contributed by atoms with E-state index in [-0.39, 0.29) is 12.7 Å². The quantitative estimate of drug-likeness (QED) is 0.824. The molecule has 2 rings (SSSR count). The van der Waals surface area contributed by atoms with Gasteiger partial charge in [0.1, 0.15) is 0 Å². The van der Waals surface area contributed by atoms with E-state index in [9.17, 15) is 5.11 Å². The predicted molar refractivity (Wildman–Crippen MR) is 86.3 cm³/mol. The Hall–Kier alpha value is -0.160. The average molecular weight is 298 g/mol. The first-order valence-electron chi connectivity index (χ1n) is 8.64. The van der Waals surface area contributed by atoms with Crippen LogP contribution in [0, 0.1) is 17.3 Å². The van der Waals surface area contributed by atoms with E-state index in [1.807, 2.05) is 0 Å². The lowest BCUT2D eigenvalue weighted by atomic mass is 9.68. The van der Waals surface area contributed by atoms with Crippen molar-refractivity contribution < 1.29 is 10.2 Å². The number of β-amino-alcohol motifs (C(OH)–C–C–N with tert-alkyl or cyclic N) is 1. The highest BCUT2D eigenvalue weighted by Crippen LogP contribution is 2.40. The molecule has 0 amide bonds. The van der Waals surface area contributed by atoms with Crippen LogP contribution in [0.25, 0.3) is 0 Å². The molecule has 0 radical (unpaired) electrons. The van der Waals surface area contributed by atoms with Gasteiger partial charge in [0.15, 0.2) is 0 Å². The number of aliphatic hydroxyl groups is 2. The van der Waals surface area contributed by atoms with Gasteiger partial charge >= 0.3 is 0 Å². The van der Waals surface area contributed by atoms with Crippen molar-refractivity contribution >= 4 is 0 Å². The molecule has 0 bridgehead atoms. The third kappa shape index (κ3) is 4.92. The first kappa shape index (κ1) is 17.2. The Balaban J connectivity index is 1.81. The fourth-order valence-corrected chi connectivity index (χ4v) is 3.90. The molecule has 0 aromatic rings. The second-order valence-corrected chi connectivity index (χ2v) is 8.07. The molecule has 1 heterocycles. The lowest BCUT2D eigenvalue weighted by Crippen LogP contribution is -2.50. The summed E-state index contributed by atoms with van der Waals surface area (Å²) in [6, 6.07) is 0. The zero-order chi connectivity index (χ0) is 15.5. The molecule has 2 aliphatic rings. The molecule has 0 spiro atoms. The van der Waals surface area contributed by atoms with Gasteiger partial charge in [0.25, 0.3) is 0 Å². The van der Waals surface area contributed by atoms with E-state index in [1.165, 1.54) is 12.8 Å². The van der Waals surface area contributed by atoms with Gasteiger partial charge in [-0.25, -0.2) is 0 Å². The molecule has 1 aliphatic carbocycles. The maximum absolute atomic E-state index is 10.3. The van der Waals surface area contributed by atoms with Gasteiger partial charge in [0, 0.05) is 39.3 Å². The third-order valence-electron chi connectivity index (χ3n) is 5.54. The largest absolute Gasteiger partial charge is 0.395 e. The topological polar surface area (TPSA) is 46.9 Å². The summed E-state index contributed by atoms with van der Waals surface area (Å²) in [6.45, 7) is 13.3. The van der Waals surface area contributed by atoms with Crippen LogP contribution < -0.4 is 0 Å². The minimum absolute atomic E-state index is 0.112. The molecule has 3 unspecified atom stereocenters. The summed E-state index contributed by atoms with van der Waals surface area (Å²) in [5.41, 5.74) is 0.359. The Bertz CT molecular complexity index is 308. The molecule has 1 aliphatic heterocycles. The molecule has 124 valence electrons. The van der Waals surface area contributed by atoms with Crippen LogP contribution in [-0.2, 0) is 0 Å². The highest BCUT2D eigenvalue weighted by atomic mass is 16.3. The summed E-state index contributed by atoms with van der Waals surface area (Å²) >= 11 is 0. The fourth-order valence-electron chi connectivity index (χ4n) is 3.90. The summed E-state index contributed by atoms with van der Waals surface area (Å²) in [4.78, 5) is 4.83. The molecule has 4 nitrogen and oxygen atoms in total. The molecule has 3 atom stereocenters. The smallest absolute Gasteiger partial charge is 0.0580 e. The SMILES string of the molecule is CC(C)(C)C1CCC(O)C(CN2CCN(CCO)CC2)C1. The van der Waals surface area contributed by atoms with E-state index in [0.29, 0.717) is 11.3 Å². The molecule has 0 aromatic heterocycles. The molecule has 4 heteroatoms. The van der Waals surface area contributed by atoms with Gasteiger partial charge in [0.05, 0.1) is 12.7 Å². The van der Waals surface area contributed by atoms with Crippen molar-refractivity contribution in [1.82, 2.24) is 9.80 Å². The molecule has 2 fully saturated rings. The second-order valence-electron chi connectivity index (χ2n) is 8.07. The molecule has 1 saturated carbocycles. The summed E-state index contributed by atoms with van der Waals surface area (Å²) in [5.74, 6) is 1.17. The van der Waals surface area contributed by atoms with Crippen LogP contribution in [0.5, 0.6) is 0 Å². The maximum Gasteiger partial charge on any atom is 0.0580 e. The van der Waals surface area contributed by atoms with E-state index in [1.54, 1.807) is 0 Å². The van der Waals surface area contributed by atoms with E-state index in [2.05, 4.69) is 30.6 Å². The van der Waals surface area contributed by atoms with E-state index in [0.717, 1.165) is 51.6 Å². The fraction of sp³-hybridized carbons (Fsp3) is 1.00. The van der Waals surface area contributed by atoms with Crippen LogP contribution in [0.2, 0.25) is 0 Å². The van der Waals surface area contributed by atoms with Gasteiger partial charge in [-0.1, -0.05) is 20.8 Å². The van der Waals surface area contributed by atoms with E-state index >= 15 is 0 Å². The van der Waals surface area contributed by atoms with Crippen molar-refractivity contribution in [1.29, 1.82) is 0 Å². The van der Waals surface area contributed by atoms with Crippen LogP contribution in [0.4, 0.5) is 0 Å². The van der Waals surface area contributed by atoms with Crippen LogP contribution >= 0.6 is 0 Å². The van der Waals surface area contributed by atoms with Crippen molar-refractivity contribution in [3.8, 4) is 0 Å². The Kier molecular flexibility index (Phi) is 6.06. The zero-order valence-electron chi connectivity index (χ0n) is 14.1. The Labute approximate surface area is 130 Å². The standard InChI is InChI=1S/C17H34N2O2/c1-17(2,3)15-4-5-16(21)14(12-15)13-19-8-6-18(7-9-19)10-11-20/h14-16,20-21H,4-13H2,1-3H3. The van der Waals surface area contributed by atoms with E-state index < -0.39 is 0 Å². The number of nitrogens with zero attached hydrogens (tertiary/aromatic N) is 2. The van der Waals surface area contributed by atoms with Crippen molar-refractivity contribution in [3.05, 3.63) is 0 Å². The van der Waals surface area contributed by atoms with Crippen LogP contribution in [0.3, 0.4) is 0 Å². The maximum atomic E-state index is 10.3. The predicted octanol–water partition coefficient (Wildman–Crippen LogP) is 1.42. The van der Waals surface area contributed by atoms with Crippen LogP contribution in [0.15, 0.2) is 0 Å². The minimum atomic E-state index is -0.112. The normalized spacial score (nSPS) is 33.3. The number of hydrogen-bond acceptors (Lipinski definition) is 4. The first-order valence-corrected chi connectivity index (χ1v) is 8.64. The number of piperazine rings is 1. The summed E-state index contributed by atoms with van der Waals surface area (Å²) in [7, 11) is 0. The molecule has 1 saturated heterocycles. The van der Waals surface area contributed by atoms with Gasteiger partial charge in [-0.15, -0.1) is 0 Å². The average Bonchev–Trinajstić information content (AvgIpc) is 2.42. The minimum Gasteiger partial charge on any atom is -0.395 e. The van der Waals surface area contributed by atoms with E-state index in [4.69, 9.17) is 5.11 Å². The number of rotatable bonds is 4. The Morgan fingerprint density at radius 2 is 1.62 bits per heavy atom. The molecular formula is C17H34N2O2. The Morgan fingerprint density at radius 3 is 2.19 bits per heavy atom. The third-order valence-corrected chi connectivity index (χ3v) is 5.54. The summed E-state index contributed by atoms with van der Waals surface area (Å²) < 4.78 is 0. The second kappa shape index (κ2) is 7.40.